The van der Waals surface area contributed by atoms with Gasteiger partial charge in [0.15, 0.2) is 0 Å². The zero-order valence-electron chi connectivity index (χ0n) is 20.7. The van der Waals surface area contributed by atoms with Crippen molar-refractivity contribution in [1.82, 2.24) is 14.8 Å². The van der Waals surface area contributed by atoms with E-state index in [0.717, 1.165) is 56.5 Å². The quantitative estimate of drug-likeness (QED) is 0.565. The van der Waals surface area contributed by atoms with Gasteiger partial charge in [0.25, 0.3) is 5.91 Å². The Morgan fingerprint density at radius 2 is 1.97 bits per heavy atom. The number of pyridine rings is 1. The summed E-state index contributed by atoms with van der Waals surface area (Å²) >= 11 is 0. The molecule has 2 fully saturated rings. The standard InChI is InChI=1S/C29H35N3O3/c1-31(28(33)24-6-4-12-30-19-24)27(18-20-5-3-7-25(16-20)35-2)22-10-13-32(14-11-22)29(34)26-17-21-8-9-23(26)15-21/h3-9,12,16,19,21-23,26-27H,10-11,13-15,17-18H2,1-2H3/t21-,23+,26-,27+/m1/s1. The first kappa shape index (κ1) is 23.6. The van der Waals surface area contributed by atoms with Gasteiger partial charge in [-0.1, -0.05) is 24.3 Å². The molecule has 2 aromatic rings. The minimum Gasteiger partial charge on any atom is -0.497 e. The van der Waals surface area contributed by atoms with Crippen LogP contribution in [0.4, 0.5) is 0 Å². The van der Waals surface area contributed by atoms with Crippen molar-refractivity contribution in [2.75, 3.05) is 27.2 Å². The topological polar surface area (TPSA) is 62.7 Å². The fraction of sp³-hybridized carbons (Fsp3) is 0.483. The van der Waals surface area contributed by atoms with E-state index in [1.165, 1.54) is 0 Å². The van der Waals surface area contributed by atoms with Gasteiger partial charge in [0.05, 0.1) is 12.7 Å². The molecule has 1 aromatic heterocycles. The Morgan fingerprint density at radius 1 is 1.14 bits per heavy atom. The highest BCUT2D eigenvalue weighted by molar-refractivity contribution is 5.94. The Morgan fingerprint density at radius 3 is 2.63 bits per heavy atom. The number of piperidine rings is 1. The molecule has 2 heterocycles. The summed E-state index contributed by atoms with van der Waals surface area (Å²) in [6.45, 7) is 1.54. The number of likely N-dealkylation sites (N-methyl/N-ethyl adjacent to an activating group) is 1. The molecule has 0 radical (unpaired) electrons. The second-order valence-electron chi connectivity index (χ2n) is 10.3. The largest absolute Gasteiger partial charge is 0.497 e. The summed E-state index contributed by atoms with van der Waals surface area (Å²) in [5, 5.41) is 0. The molecular weight excluding hydrogens is 438 g/mol. The van der Waals surface area contributed by atoms with Crippen molar-refractivity contribution in [1.29, 1.82) is 0 Å². The average molecular weight is 474 g/mol. The number of aromatic nitrogens is 1. The SMILES string of the molecule is COc1cccc(C[C@@H](C2CCN(C(=O)[C@@H]3C[C@@H]4C=C[C@H]3C4)CC2)N(C)C(=O)c2cccnc2)c1. The molecule has 2 aliphatic carbocycles. The highest BCUT2D eigenvalue weighted by atomic mass is 16.5. The lowest BCUT2D eigenvalue weighted by Gasteiger charge is -2.41. The van der Waals surface area contributed by atoms with E-state index in [4.69, 9.17) is 4.74 Å². The van der Waals surface area contributed by atoms with Gasteiger partial charge in [-0.2, -0.15) is 0 Å². The molecule has 6 nitrogen and oxygen atoms in total. The molecule has 5 rings (SSSR count). The number of rotatable bonds is 7. The Hall–Kier alpha value is -3.15. The first-order chi connectivity index (χ1) is 17.0. The molecule has 6 heteroatoms. The van der Waals surface area contributed by atoms with E-state index in [1.807, 2.05) is 30.1 Å². The molecule has 1 saturated carbocycles. The normalized spacial score (nSPS) is 24.4. The third kappa shape index (κ3) is 4.97. The summed E-state index contributed by atoms with van der Waals surface area (Å²) in [4.78, 5) is 34.7. The van der Waals surface area contributed by atoms with Crippen molar-refractivity contribution >= 4 is 11.8 Å². The van der Waals surface area contributed by atoms with Crippen LogP contribution < -0.4 is 4.74 Å². The van der Waals surface area contributed by atoms with Crippen molar-refractivity contribution in [3.8, 4) is 5.75 Å². The van der Waals surface area contributed by atoms with Crippen LogP contribution in [0.25, 0.3) is 0 Å². The first-order valence-corrected chi connectivity index (χ1v) is 12.8. The molecule has 0 N–H and O–H groups in total. The Kier molecular flexibility index (Phi) is 6.89. The number of nitrogens with zero attached hydrogens (tertiary/aromatic N) is 3. The molecular formula is C29H35N3O3. The molecule has 1 saturated heterocycles. The van der Waals surface area contributed by atoms with E-state index >= 15 is 0 Å². The summed E-state index contributed by atoms with van der Waals surface area (Å²) in [6.07, 6.45) is 12.6. The third-order valence-corrected chi connectivity index (χ3v) is 8.30. The molecule has 0 spiro atoms. The van der Waals surface area contributed by atoms with Crippen molar-refractivity contribution in [2.24, 2.45) is 23.7 Å². The van der Waals surface area contributed by atoms with Crippen LogP contribution in [0.5, 0.6) is 5.75 Å². The van der Waals surface area contributed by atoms with Crippen LogP contribution in [0.1, 0.15) is 41.6 Å². The van der Waals surface area contributed by atoms with Crippen LogP contribution in [0.3, 0.4) is 0 Å². The maximum absolute atomic E-state index is 13.4. The fourth-order valence-corrected chi connectivity index (χ4v) is 6.31. The molecule has 2 bridgehead atoms. The van der Waals surface area contributed by atoms with E-state index in [9.17, 15) is 9.59 Å². The number of likely N-dealkylation sites (tertiary alicyclic amines) is 1. The number of carbonyl (C=O) groups is 2. The van der Waals surface area contributed by atoms with E-state index in [0.29, 0.717) is 29.2 Å². The molecule has 35 heavy (non-hydrogen) atoms. The number of fused-ring (bicyclic) bond motifs is 2. The van der Waals surface area contributed by atoms with Crippen molar-refractivity contribution in [3.63, 3.8) is 0 Å². The van der Waals surface area contributed by atoms with Gasteiger partial charge < -0.3 is 14.5 Å². The van der Waals surface area contributed by atoms with Gasteiger partial charge in [-0.25, -0.2) is 0 Å². The Balaban J connectivity index is 1.30. The molecule has 1 aliphatic heterocycles. The van der Waals surface area contributed by atoms with Crippen LogP contribution in [0.15, 0.2) is 60.9 Å². The molecule has 184 valence electrons. The predicted octanol–water partition coefficient (Wildman–Crippen LogP) is 4.22. The van der Waals surface area contributed by atoms with Gasteiger partial charge in [-0.15, -0.1) is 0 Å². The summed E-state index contributed by atoms with van der Waals surface area (Å²) in [7, 11) is 3.58. The lowest BCUT2D eigenvalue weighted by Crippen LogP contribution is -2.49. The molecule has 1 aromatic carbocycles. The Labute approximate surface area is 208 Å². The van der Waals surface area contributed by atoms with E-state index in [2.05, 4.69) is 34.2 Å². The second-order valence-corrected chi connectivity index (χ2v) is 10.3. The highest BCUT2D eigenvalue weighted by Crippen LogP contribution is 2.44. The fourth-order valence-electron chi connectivity index (χ4n) is 6.31. The molecule has 2 amide bonds. The van der Waals surface area contributed by atoms with Crippen LogP contribution in [-0.2, 0) is 11.2 Å². The first-order valence-electron chi connectivity index (χ1n) is 12.8. The number of ether oxygens (including phenoxy) is 1. The lowest BCUT2D eigenvalue weighted by molar-refractivity contribution is -0.138. The minimum atomic E-state index is -0.0155. The Bertz CT molecular complexity index is 1080. The zero-order chi connectivity index (χ0) is 24.4. The summed E-state index contributed by atoms with van der Waals surface area (Å²) in [6, 6.07) is 11.7. The lowest BCUT2D eigenvalue weighted by atomic mass is 9.83. The van der Waals surface area contributed by atoms with Crippen LogP contribution in [-0.4, -0.2) is 59.9 Å². The molecule has 0 unspecified atom stereocenters. The summed E-state index contributed by atoms with van der Waals surface area (Å²) in [5.74, 6) is 2.67. The number of benzene rings is 1. The maximum atomic E-state index is 13.4. The van der Waals surface area contributed by atoms with Gasteiger partial charge in [-0.3, -0.25) is 14.6 Å². The zero-order valence-corrected chi connectivity index (χ0v) is 20.7. The second kappa shape index (κ2) is 10.2. The van der Waals surface area contributed by atoms with Crippen molar-refractivity contribution in [3.05, 3.63) is 72.1 Å². The highest BCUT2D eigenvalue weighted by Gasteiger charge is 2.42. The van der Waals surface area contributed by atoms with Gasteiger partial charge in [0.1, 0.15) is 5.75 Å². The number of hydrogen-bond donors (Lipinski definition) is 0. The number of allylic oxidation sites excluding steroid dienone is 2. The summed E-state index contributed by atoms with van der Waals surface area (Å²) in [5.41, 5.74) is 1.75. The van der Waals surface area contributed by atoms with Crippen LogP contribution in [0.2, 0.25) is 0 Å². The van der Waals surface area contributed by atoms with Crippen molar-refractivity contribution < 1.29 is 14.3 Å². The van der Waals surface area contributed by atoms with E-state index in [1.54, 1.807) is 25.6 Å². The number of amides is 2. The van der Waals surface area contributed by atoms with E-state index in [-0.39, 0.29) is 17.9 Å². The molecule has 3 aliphatic rings. The van der Waals surface area contributed by atoms with Gasteiger partial charge in [-0.05, 0) is 79.7 Å². The monoisotopic (exact) mass is 473 g/mol. The average Bonchev–Trinajstić information content (AvgIpc) is 3.55. The van der Waals surface area contributed by atoms with Crippen molar-refractivity contribution in [2.45, 2.75) is 38.1 Å². The van der Waals surface area contributed by atoms with E-state index < -0.39 is 0 Å². The van der Waals surface area contributed by atoms with Gasteiger partial charge in [0.2, 0.25) is 5.91 Å². The number of carbonyl (C=O) groups excluding carboxylic acids is 2. The number of methoxy groups -OCH3 is 1. The maximum Gasteiger partial charge on any atom is 0.255 e. The molecule has 4 atom stereocenters. The number of hydrogen-bond acceptors (Lipinski definition) is 4. The predicted molar refractivity (Wildman–Crippen MR) is 135 cm³/mol. The summed E-state index contributed by atoms with van der Waals surface area (Å²) < 4.78 is 5.43. The van der Waals surface area contributed by atoms with Crippen LogP contribution in [0, 0.1) is 23.7 Å². The van der Waals surface area contributed by atoms with Crippen LogP contribution >= 0.6 is 0 Å². The minimum absolute atomic E-state index is 0.0155. The smallest absolute Gasteiger partial charge is 0.255 e. The third-order valence-electron chi connectivity index (χ3n) is 8.30. The van der Waals surface area contributed by atoms with Gasteiger partial charge >= 0.3 is 0 Å². The van der Waals surface area contributed by atoms with Gasteiger partial charge in [0, 0.05) is 44.5 Å².